The number of carbonyl (C=O) groups excluding carboxylic acids is 2. The van der Waals surface area contributed by atoms with Gasteiger partial charge in [-0.2, -0.15) is 0 Å². The minimum absolute atomic E-state index is 0.000356. The van der Waals surface area contributed by atoms with Gasteiger partial charge in [-0.15, -0.1) is 0 Å². The Labute approximate surface area is 123 Å². The molecule has 116 valence electrons. The Bertz CT molecular complexity index is 457. The summed E-state index contributed by atoms with van der Waals surface area (Å²) in [5.41, 5.74) is 0. The zero-order chi connectivity index (χ0) is 15.0. The number of aliphatic carboxylic acids is 1. The molecule has 1 aliphatic carbocycles. The third kappa shape index (κ3) is 2.69. The van der Waals surface area contributed by atoms with Gasteiger partial charge in [0.1, 0.15) is 6.04 Å². The van der Waals surface area contributed by atoms with Crippen molar-refractivity contribution in [3.63, 3.8) is 0 Å². The van der Waals surface area contributed by atoms with Crippen molar-refractivity contribution in [1.82, 2.24) is 15.5 Å². The molecule has 3 aliphatic rings. The van der Waals surface area contributed by atoms with Crippen LogP contribution in [0.25, 0.3) is 0 Å². The van der Waals surface area contributed by atoms with Crippen LogP contribution < -0.4 is 10.6 Å². The van der Waals surface area contributed by atoms with E-state index in [-0.39, 0.29) is 23.9 Å². The summed E-state index contributed by atoms with van der Waals surface area (Å²) in [4.78, 5) is 36.5. The normalized spacial score (nSPS) is 35.2. The average molecular weight is 295 g/mol. The average Bonchev–Trinajstić information content (AvgIpc) is 3.00. The number of amides is 3. The zero-order valence-corrected chi connectivity index (χ0v) is 11.9. The number of carboxylic acid groups (broad SMARTS) is 1. The second-order valence-electron chi connectivity index (χ2n) is 6.28. The molecule has 3 amide bonds. The summed E-state index contributed by atoms with van der Waals surface area (Å²) < 4.78 is 0. The maximum Gasteiger partial charge on any atom is 0.326 e. The minimum Gasteiger partial charge on any atom is -0.480 e. The molecule has 3 fully saturated rings. The molecular formula is C14H21N3O4. The molecule has 21 heavy (non-hydrogen) atoms. The number of likely N-dealkylation sites (tertiary alicyclic amines) is 1. The van der Waals surface area contributed by atoms with Crippen molar-refractivity contribution in [3.05, 3.63) is 0 Å². The maximum atomic E-state index is 12.4. The lowest BCUT2D eigenvalue weighted by Crippen LogP contribution is -2.54. The summed E-state index contributed by atoms with van der Waals surface area (Å²) >= 11 is 0. The summed E-state index contributed by atoms with van der Waals surface area (Å²) in [6.45, 7) is 0.954. The fraction of sp³-hybridized carbons (Fsp3) is 0.786. The first-order chi connectivity index (χ1) is 10.1. The molecule has 0 aromatic carbocycles. The summed E-state index contributed by atoms with van der Waals surface area (Å²) in [6.07, 6.45) is 3.97. The fourth-order valence-corrected chi connectivity index (χ4v) is 3.94. The van der Waals surface area contributed by atoms with Crippen molar-refractivity contribution in [1.29, 1.82) is 0 Å². The Morgan fingerprint density at radius 1 is 1.29 bits per heavy atom. The Hall–Kier alpha value is -1.79. The van der Waals surface area contributed by atoms with Gasteiger partial charge in [-0.05, 0) is 31.1 Å². The van der Waals surface area contributed by atoms with E-state index < -0.39 is 12.0 Å². The molecule has 0 aromatic heterocycles. The van der Waals surface area contributed by atoms with Crippen molar-refractivity contribution in [2.45, 2.75) is 44.2 Å². The number of hydrogen-bond donors (Lipinski definition) is 3. The summed E-state index contributed by atoms with van der Waals surface area (Å²) in [7, 11) is 0. The second kappa shape index (κ2) is 5.54. The summed E-state index contributed by atoms with van der Waals surface area (Å²) in [6, 6.07) is -1.11. The van der Waals surface area contributed by atoms with Gasteiger partial charge in [0.05, 0.1) is 0 Å². The first-order valence-corrected chi connectivity index (χ1v) is 7.63. The number of carboxylic acids is 1. The van der Waals surface area contributed by atoms with Gasteiger partial charge in [0.25, 0.3) is 0 Å². The number of rotatable bonds is 2. The van der Waals surface area contributed by atoms with Gasteiger partial charge in [-0.25, -0.2) is 9.59 Å². The highest BCUT2D eigenvalue weighted by molar-refractivity contribution is 5.84. The molecule has 0 aromatic rings. The van der Waals surface area contributed by atoms with Gasteiger partial charge >= 0.3 is 12.0 Å². The van der Waals surface area contributed by atoms with E-state index in [0.717, 1.165) is 19.3 Å². The first-order valence-electron chi connectivity index (χ1n) is 7.63. The highest BCUT2D eigenvalue weighted by atomic mass is 16.4. The van der Waals surface area contributed by atoms with Crippen LogP contribution in [0.2, 0.25) is 0 Å². The fourth-order valence-electron chi connectivity index (χ4n) is 3.94. The van der Waals surface area contributed by atoms with Crippen LogP contribution in [0.1, 0.15) is 32.1 Å². The van der Waals surface area contributed by atoms with Crippen LogP contribution in [-0.4, -0.2) is 53.1 Å². The van der Waals surface area contributed by atoms with Crippen molar-refractivity contribution in [2.24, 2.45) is 11.8 Å². The number of hydrogen-bond acceptors (Lipinski definition) is 3. The second-order valence-corrected chi connectivity index (χ2v) is 6.28. The number of nitrogens with zero attached hydrogens (tertiary/aromatic N) is 1. The van der Waals surface area contributed by atoms with E-state index in [0.29, 0.717) is 31.8 Å². The number of carbonyl (C=O) groups is 3. The van der Waals surface area contributed by atoms with Gasteiger partial charge in [0, 0.05) is 25.6 Å². The Kier molecular flexibility index (Phi) is 3.73. The predicted octanol–water partition coefficient (Wildman–Crippen LogP) is 0.160. The lowest BCUT2D eigenvalue weighted by molar-refractivity contribution is -0.142. The van der Waals surface area contributed by atoms with Gasteiger partial charge in [-0.1, -0.05) is 6.42 Å². The van der Waals surface area contributed by atoms with Crippen LogP contribution >= 0.6 is 0 Å². The lowest BCUT2D eigenvalue weighted by atomic mass is 9.94. The third-order valence-electron chi connectivity index (χ3n) is 5.00. The Morgan fingerprint density at radius 2 is 2.10 bits per heavy atom. The first kappa shape index (κ1) is 14.2. The molecule has 2 heterocycles. The summed E-state index contributed by atoms with van der Waals surface area (Å²) in [5.74, 6) is -0.488. The zero-order valence-electron chi connectivity index (χ0n) is 11.9. The Balaban J connectivity index is 1.63. The molecule has 2 saturated heterocycles. The highest BCUT2D eigenvalue weighted by Gasteiger charge is 2.49. The summed E-state index contributed by atoms with van der Waals surface area (Å²) in [5, 5.41) is 15.0. The number of fused-ring (bicyclic) bond motifs is 1. The monoisotopic (exact) mass is 295 g/mol. The SMILES string of the molecule is O=C1CCC(NC(=O)N2CC3CCCC3C2C(=O)O)CN1. The van der Waals surface area contributed by atoms with Gasteiger partial charge < -0.3 is 20.6 Å². The number of piperidine rings is 1. The van der Waals surface area contributed by atoms with Crippen LogP contribution in [0.3, 0.4) is 0 Å². The molecule has 0 radical (unpaired) electrons. The molecule has 1 saturated carbocycles. The molecule has 3 rings (SSSR count). The Morgan fingerprint density at radius 3 is 2.76 bits per heavy atom. The molecule has 4 unspecified atom stereocenters. The van der Waals surface area contributed by atoms with Crippen LogP contribution in [0.4, 0.5) is 4.79 Å². The molecule has 7 nitrogen and oxygen atoms in total. The van der Waals surface area contributed by atoms with Crippen molar-refractivity contribution in [3.8, 4) is 0 Å². The lowest BCUT2D eigenvalue weighted by Gasteiger charge is -2.29. The van der Waals surface area contributed by atoms with Gasteiger partial charge in [-0.3, -0.25) is 4.79 Å². The van der Waals surface area contributed by atoms with Crippen LogP contribution in [0, 0.1) is 11.8 Å². The number of nitrogens with one attached hydrogen (secondary N) is 2. The van der Waals surface area contributed by atoms with Crippen molar-refractivity contribution >= 4 is 17.9 Å². The number of urea groups is 1. The molecular weight excluding hydrogens is 274 g/mol. The van der Waals surface area contributed by atoms with E-state index in [1.165, 1.54) is 4.90 Å². The van der Waals surface area contributed by atoms with Gasteiger partial charge in [0.15, 0.2) is 0 Å². The van der Waals surface area contributed by atoms with Crippen molar-refractivity contribution in [2.75, 3.05) is 13.1 Å². The van der Waals surface area contributed by atoms with E-state index in [4.69, 9.17) is 0 Å². The smallest absolute Gasteiger partial charge is 0.326 e. The standard InChI is InChI=1S/C14H21N3O4/c18-11-5-4-9(6-15-11)16-14(21)17-7-8-2-1-3-10(8)12(17)13(19)20/h8-10,12H,1-7H2,(H,15,18)(H,16,21)(H,19,20). The van der Waals surface area contributed by atoms with Crippen LogP contribution in [-0.2, 0) is 9.59 Å². The topological polar surface area (TPSA) is 98.7 Å². The van der Waals surface area contributed by atoms with E-state index in [1.54, 1.807) is 0 Å². The van der Waals surface area contributed by atoms with Crippen molar-refractivity contribution < 1.29 is 19.5 Å². The molecule has 0 bridgehead atoms. The van der Waals surface area contributed by atoms with E-state index in [2.05, 4.69) is 10.6 Å². The molecule has 4 atom stereocenters. The molecule has 3 N–H and O–H groups in total. The predicted molar refractivity (Wildman–Crippen MR) is 73.5 cm³/mol. The van der Waals surface area contributed by atoms with E-state index >= 15 is 0 Å². The van der Waals surface area contributed by atoms with Crippen LogP contribution in [0.5, 0.6) is 0 Å². The third-order valence-corrected chi connectivity index (χ3v) is 5.00. The van der Waals surface area contributed by atoms with Crippen LogP contribution in [0.15, 0.2) is 0 Å². The minimum atomic E-state index is -0.906. The highest BCUT2D eigenvalue weighted by Crippen LogP contribution is 2.42. The van der Waals surface area contributed by atoms with E-state index in [9.17, 15) is 19.5 Å². The van der Waals surface area contributed by atoms with E-state index in [1.807, 2.05) is 0 Å². The quantitative estimate of drug-likeness (QED) is 0.676. The largest absolute Gasteiger partial charge is 0.480 e. The van der Waals surface area contributed by atoms with Gasteiger partial charge in [0.2, 0.25) is 5.91 Å². The molecule has 7 heteroatoms. The maximum absolute atomic E-state index is 12.4. The molecule has 0 spiro atoms. The molecule has 2 aliphatic heterocycles.